The van der Waals surface area contributed by atoms with Crippen molar-refractivity contribution < 1.29 is 9.59 Å². The van der Waals surface area contributed by atoms with Crippen LogP contribution in [0.1, 0.15) is 59.1 Å². The third-order valence-electron chi connectivity index (χ3n) is 8.71. The van der Waals surface area contributed by atoms with Crippen LogP contribution in [0.2, 0.25) is 0 Å². The number of thiol groups is 1. The molecule has 1 aliphatic heterocycles. The summed E-state index contributed by atoms with van der Waals surface area (Å²) >= 11 is 4.11. The first-order chi connectivity index (χ1) is 22.0. The Labute approximate surface area is 276 Å². The highest BCUT2D eigenvalue weighted by molar-refractivity contribution is 7.80. The van der Waals surface area contributed by atoms with Gasteiger partial charge in [-0.2, -0.15) is 12.6 Å². The minimum absolute atomic E-state index is 0.0475. The van der Waals surface area contributed by atoms with Crippen molar-refractivity contribution >= 4 is 41.2 Å². The van der Waals surface area contributed by atoms with Gasteiger partial charge in [-0.15, -0.1) is 0 Å². The van der Waals surface area contributed by atoms with Crippen LogP contribution in [-0.4, -0.2) is 76.3 Å². The van der Waals surface area contributed by atoms with E-state index in [4.69, 9.17) is 4.98 Å². The molecule has 1 aliphatic rings. The molecule has 3 aromatic heterocycles. The lowest BCUT2D eigenvalue weighted by Gasteiger charge is -2.35. The molecule has 0 saturated carbocycles. The Balaban J connectivity index is 1.34. The van der Waals surface area contributed by atoms with Crippen LogP contribution >= 0.6 is 12.6 Å². The van der Waals surface area contributed by atoms with Crippen LogP contribution in [-0.2, 0) is 11.3 Å². The molecule has 4 aromatic rings. The molecule has 244 valence electrons. The van der Waals surface area contributed by atoms with E-state index in [2.05, 4.69) is 74.8 Å². The highest BCUT2D eigenvalue weighted by Crippen LogP contribution is 2.33. The molecule has 0 aliphatic carbocycles. The average Bonchev–Trinajstić information content (AvgIpc) is 3.37. The molecule has 11 heteroatoms. The second-order valence-corrected chi connectivity index (χ2v) is 12.9. The van der Waals surface area contributed by atoms with Gasteiger partial charge in [0.15, 0.2) is 0 Å². The smallest absolute Gasteiger partial charge is 0.253 e. The Kier molecular flexibility index (Phi) is 10.5. The van der Waals surface area contributed by atoms with Gasteiger partial charge in [-0.25, -0.2) is 4.98 Å². The molecule has 1 aromatic carbocycles. The van der Waals surface area contributed by atoms with Gasteiger partial charge in [0, 0.05) is 104 Å². The first kappa shape index (κ1) is 33.3. The normalized spacial score (nSPS) is 13.8. The number of anilines is 1. The van der Waals surface area contributed by atoms with Crippen molar-refractivity contribution in [2.24, 2.45) is 0 Å². The fourth-order valence-corrected chi connectivity index (χ4v) is 6.42. The van der Waals surface area contributed by atoms with E-state index in [1.807, 2.05) is 45.2 Å². The third-order valence-corrected chi connectivity index (χ3v) is 8.93. The number of nitrogens with one attached hydrogen (secondary N) is 3. The highest BCUT2D eigenvalue weighted by Gasteiger charge is 2.21. The van der Waals surface area contributed by atoms with Crippen molar-refractivity contribution in [2.75, 3.05) is 49.9 Å². The van der Waals surface area contributed by atoms with E-state index in [1.54, 1.807) is 0 Å². The lowest BCUT2D eigenvalue weighted by atomic mass is 9.98. The zero-order valence-corrected chi connectivity index (χ0v) is 28.3. The molecule has 0 atom stereocenters. The van der Waals surface area contributed by atoms with E-state index in [9.17, 15) is 14.4 Å². The zero-order chi connectivity index (χ0) is 33.0. The van der Waals surface area contributed by atoms with Crippen LogP contribution in [0.25, 0.3) is 22.0 Å². The Hall–Kier alpha value is -4.09. The molecular weight excluding hydrogens is 598 g/mol. The number of hydrogen-bond donors (Lipinski definition) is 4. The lowest BCUT2D eigenvalue weighted by molar-refractivity contribution is -0.120. The number of piperazine rings is 1. The highest BCUT2D eigenvalue weighted by atomic mass is 32.1. The summed E-state index contributed by atoms with van der Waals surface area (Å²) in [5, 5.41) is 6.88. The second-order valence-electron chi connectivity index (χ2n) is 12.4. The van der Waals surface area contributed by atoms with Crippen molar-refractivity contribution in [2.45, 2.75) is 53.6 Å². The first-order valence-electron chi connectivity index (χ1n) is 16.0. The molecule has 10 nitrogen and oxygen atoms in total. The van der Waals surface area contributed by atoms with Gasteiger partial charge in [-0.3, -0.25) is 19.3 Å². The monoisotopic (exact) mass is 643 g/mol. The summed E-state index contributed by atoms with van der Waals surface area (Å²) in [6, 6.07) is 10.3. The van der Waals surface area contributed by atoms with Crippen LogP contribution < -0.4 is 21.1 Å². The number of fused-ring (bicyclic) bond motifs is 1. The van der Waals surface area contributed by atoms with Crippen LogP contribution in [0.15, 0.2) is 47.5 Å². The maximum atomic E-state index is 13.8. The Morgan fingerprint density at radius 1 is 1.00 bits per heavy atom. The molecule has 1 saturated heterocycles. The maximum Gasteiger partial charge on any atom is 0.253 e. The van der Waals surface area contributed by atoms with Crippen molar-refractivity contribution in [3.63, 3.8) is 0 Å². The largest absolute Gasteiger partial charge is 0.355 e. The molecule has 3 N–H and O–H groups in total. The number of carbonyl (C=O) groups excluding carboxylic acids is 2. The van der Waals surface area contributed by atoms with Crippen LogP contribution in [0.5, 0.6) is 0 Å². The molecule has 4 heterocycles. The summed E-state index contributed by atoms with van der Waals surface area (Å²) in [6.07, 6.45) is 4.43. The SMILES string of the molecule is Cc1cc(C)c(CNC(=O)c2cc(-c3ccc(N4CCN(CCNC(=O)CCS)CC4)nc3)cc3c2c(C)cn3C(C)C)c(=O)[nH]1. The van der Waals surface area contributed by atoms with Crippen LogP contribution in [0, 0.1) is 20.8 Å². The van der Waals surface area contributed by atoms with Gasteiger partial charge in [0.25, 0.3) is 11.5 Å². The van der Waals surface area contributed by atoms with E-state index in [1.165, 1.54) is 0 Å². The van der Waals surface area contributed by atoms with Crippen molar-refractivity contribution in [3.8, 4) is 11.1 Å². The number of H-pyrrole nitrogens is 1. The zero-order valence-electron chi connectivity index (χ0n) is 27.4. The minimum Gasteiger partial charge on any atom is -0.355 e. The summed E-state index contributed by atoms with van der Waals surface area (Å²) in [5.41, 5.74) is 6.44. The van der Waals surface area contributed by atoms with Gasteiger partial charge in [-0.05, 0) is 87.4 Å². The lowest BCUT2D eigenvalue weighted by Crippen LogP contribution is -2.48. The minimum atomic E-state index is -0.223. The van der Waals surface area contributed by atoms with E-state index in [0.717, 1.165) is 77.4 Å². The number of pyridine rings is 2. The van der Waals surface area contributed by atoms with Gasteiger partial charge >= 0.3 is 0 Å². The number of aromatic nitrogens is 3. The molecule has 0 spiro atoms. The summed E-state index contributed by atoms with van der Waals surface area (Å²) in [7, 11) is 0. The van der Waals surface area contributed by atoms with Gasteiger partial charge < -0.3 is 25.1 Å². The van der Waals surface area contributed by atoms with E-state index >= 15 is 0 Å². The van der Waals surface area contributed by atoms with Crippen molar-refractivity contribution in [1.82, 2.24) is 30.1 Å². The van der Waals surface area contributed by atoms with Crippen LogP contribution in [0.4, 0.5) is 5.82 Å². The quantitative estimate of drug-likeness (QED) is 0.180. The number of benzene rings is 1. The Morgan fingerprint density at radius 2 is 1.76 bits per heavy atom. The molecule has 46 heavy (non-hydrogen) atoms. The van der Waals surface area contributed by atoms with Crippen molar-refractivity contribution in [1.29, 1.82) is 0 Å². The number of aryl methyl sites for hydroxylation is 3. The van der Waals surface area contributed by atoms with Gasteiger partial charge in [0.2, 0.25) is 5.91 Å². The van der Waals surface area contributed by atoms with E-state index in [0.29, 0.717) is 29.8 Å². The number of aromatic amines is 1. The van der Waals surface area contributed by atoms with E-state index < -0.39 is 0 Å². The molecule has 1 fully saturated rings. The predicted molar refractivity (Wildman–Crippen MR) is 188 cm³/mol. The fourth-order valence-electron chi connectivity index (χ4n) is 6.21. The summed E-state index contributed by atoms with van der Waals surface area (Å²) in [5.74, 6) is 1.31. The Bertz CT molecular complexity index is 1770. The molecule has 0 unspecified atom stereocenters. The van der Waals surface area contributed by atoms with Gasteiger partial charge in [0.05, 0.1) is 0 Å². The molecule has 0 bridgehead atoms. The topological polar surface area (TPSA) is 115 Å². The maximum absolute atomic E-state index is 13.8. The number of carbonyl (C=O) groups is 2. The number of hydrogen-bond acceptors (Lipinski definition) is 7. The van der Waals surface area contributed by atoms with Gasteiger partial charge in [0.1, 0.15) is 5.82 Å². The van der Waals surface area contributed by atoms with Gasteiger partial charge in [-0.1, -0.05) is 0 Å². The molecule has 5 rings (SSSR count). The molecule has 2 amide bonds. The summed E-state index contributed by atoms with van der Waals surface area (Å²) in [6.45, 7) is 15.2. The predicted octanol–water partition coefficient (Wildman–Crippen LogP) is 4.39. The fraction of sp³-hybridized carbons (Fsp3) is 0.429. The average molecular weight is 644 g/mol. The molecular formula is C35H45N7O3S. The Morgan fingerprint density at radius 3 is 2.41 bits per heavy atom. The van der Waals surface area contributed by atoms with Crippen molar-refractivity contribution in [3.05, 3.63) is 81.0 Å². The third kappa shape index (κ3) is 7.47. The summed E-state index contributed by atoms with van der Waals surface area (Å²) < 4.78 is 2.20. The summed E-state index contributed by atoms with van der Waals surface area (Å²) in [4.78, 5) is 50.4. The number of rotatable bonds is 11. The molecule has 0 radical (unpaired) electrons. The number of amides is 2. The van der Waals surface area contributed by atoms with Crippen LogP contribution in [0.3, 0.4) is 0 Å². The standard InChI is InChI=1S/C35H45N7O3S/c1-22(2)42-21-24(4)33-28(34(44)38-20-29-23(3)16-25(5)39-35(29)45)17-27(18-30(33)42)26-6-7-31(37-19-26)41-13-11-40(12-14-41)10-9-36-32(43)8-15-46/h6-7,16-19,21-22,46H,8-15,20H2,1-5H3,(H,36,43)(H,38,44)(H,39,45). The number of nitrogens with zero attached hydrogens (tertiary/aromatic N) is 4. The second kappa shape index (κ2) is 14.6. The first-order valence-corrected chi connectivity index (χ1v) is 16.6. The van der Waals surface area contributed by atoms with E-state index in [-0.39, 0.29) is 30.0 Å².